The number of ether oxygens (including phenoxy) is 2. The molecule has 0 aliphatic heterocycles. The molecular weight excluding hydrogens is 266 g/mol. The van der Waals surface area contributed by atoms with Gasteiger partial charge in [-0.3, -0.25) is 14.4 Å². The molecule has 0 fully saturated rings. The number of hydrogen-bond acceptors (Lipinski definition) is 6. The molecule has 0 amide bonds. The molecule has 116 valence electrons. The van der Waals surface area contributed by atoms with Crippen LogP contribution in [0.5, 0.6) is 0 Å². The summed E-state index contributed by atoms with van der Waals surface area (Å²) in [6.07, 6.45) is 0.843. The summed E-state index contributed by atoms with van der Waals surface area (Å²) in [5, 5.41) is 8.44. The number of aliphatic carboxylic acids is 1. The third kappa shape index (κ3) is 8.47. The second-order valence-electron chi connectivity index (χ2n) is 5.34. The Kier molecular flexibility index (Phi) is 7.83. The highest BCUT2D eigenvalue weighted by atomic mass is 16.6. The number of carbonyl (C=O) groups is 3. The molecule has 0 saturated carbocycles. The zero-order chi connectivity index (χ0) is 15.8. The van der Waals surface area contributed by atoms with Gasteiger partial charge in [-0.05, 0) is 33.6 Å². The highest BCUT2D eigenvalue weighted by Crippen LogP contribution is 2.12. The lowest BCUT2D eigenvalue weighted by Gasteiger charge is -2.22. The molecule has 0 radical (unpaired) electrons. The van der Waals surface area contributed by atoms with E-state index >= 15 is 0 Å². The Labute approximate surface area is 118 Å². The average Bonchev–Trinajstić information content (AvgIpc) is 2.26. The Hall–Kier alpha value is -1.63. The molecule has 1 atom stereocenters. The van der Waals surface area contributed by atoms with Gasteiger partial charge in [0.15, 0.2) is 5.92 Å². The molecule has 0 aromatic rings. The van der Waals surface area contributed by atoms with E-state index in [1.54, 1.807) is 20.8 Å². The summed E-state index contributed by atoms with van der Waals surface area (Å²) in [5.41, 5.74) is 4.68. The predicted octanol–water partition coefficient (Wildman–Crippen LogP) is 0.701. The molecule has 0 aromatic carbocycles. The van der Waals surface area contributed by atoms with Crippen molar-refractivity contribution in [3.05, 3.63) is 0 Å². The van der Waals surface area contributed by atoms with Crippen LogP contribution in [0.3, 0.4) is 0 Å². The van der Waals surface area contributed by atoms with Gasteiger partial charge in [0.25, 0.3) is 0 Å². The van der Waals surface area contributed by atoms with Gasteiger partial charge in [0.05, 0.1) is 6.61 Å². The van der Waals surface area contributed by atoms with Crippen molar-refractivity contribution in [3.8, 4) is 0 Å². The number of carboxylic acid groups (broad SMARTS) is 1. The predicted molar refractivity (Wildman–Crippen MR) is 70.8 cm³/mol. The first kappa shape index (κ1) is 18.4. The zero-order valence-corrected chi connectivity index (χ0v) is 12.2. The minimum atomic E-state index is -1.14. The summed E-state index contributed by atoms with van der Waals surface area (Å²) < 4.78 is 9.97. The first-order valence-electron chi connectivity index (χ1n) is 6.48. The van der Waals surface area contributed by atoms with Crippen LogP contribution in [0.4, 0.5) is 0 Å². The molecule has 7 heteroatoms. The number of hydrogen-bond donors (Lipinski definition) is 2. The fraction of sp³-hybridized carbons (Fsp3) is 0.769. The summed E-state index contributed by atoms with van der Waals surface area (Å²) >= 11 is 0. The minimum absolute atomic E-state index is 0.0178. The van der Waals surface area contributed by atoms with E-state index in [9.17, 15) is 14.4 Å². The van der Waals surface area contributed by atoms with Gasteiger partial charge in [-0.15, -0.1) is 0 Å². The summed E-state index contributed by atoms with van der Waals surface area (Å²) in [7, 11) is 0. The number of esters is 2. The van der Waals surface area contributed by atoms with Crippen LogP contribution in [0.1, 0.15) is 40.0 Å². The average molecular weight is 289 g/mol. The van der Waals surface area contributed by atoms with E-state index in [2.05, 4.69) is 0 Å². The van der Waals surface area contributed by atoms with Crippen molar-refractivity contribution in [2.45, 2.75) is 45.6 Å². The van der Waals surface area contributed by atoms with Gasteiger partial charge in [-0.1, -0.05) is 0 Å². The second kappa shape index (κ2) is 8.52. The molecule has 0 bridgehead atoms. The summed E-state index contributed by atoms with van der Waals surface area (Å²) in [4.78, 5) is 33.7. The van der Waals surface area contributed by atoms with E-state index in [1.165, 1.54) is 0 Å². The fourth-order valence-corrected chi connectivity index (χ4v) is 1.31. The van der Waals surface area contributed by atoms with Crippen molar-refractivity contribution >= 4 is 17.9 Å². The molecule has 0 spiro atoms. The molecule has 0 rings (SSSR count). The fourth-order valence-electron chi connectivity index (χ4n) is 1.31. The quantitative estimate of drug-likeness (QED) is 0.384. The maximum atomic E-state index is 11.7. The number of unbranched alkanes of at least 4 members (excludes halogenated alkanes) is 1. The summed E-state index contributed by atoms with van der Waals surface area (Å²) in [6.45, 7) is 4.94. The molecule has 0 aliphatic rings. The van der Waals surface area contributed by atoms with Crippen LogP contribution in [0, 0.1) is 5.92 Å². The molecule has 0 heterocycles. The zero-order valence-electron chi connectivity index (χ0n) is 12.2. The van der Waals surface area contributed by atoms with Crippen LogP contribution in [0.2, 0.25) is 0 Å². The monoisotopic (exact) mass is 289 g/mol. The van der Waals surface area contributed by atoms with E-state index in [1.807, 2.05) is 0 Å². The van der Waals surface area contributed by atoms with E-state index < -0.39 is 29.4 Å². The van der Waals surface area contributed by atoms with E-state index in [-0.39, 0.29) is 19.6 Å². The van der Waals surface area contributed by atoms with Crippen molar-refractivity contribution < 1.29 is 29.0 Å². The highest BCUT2D eigenvalue weighted by Gasteiger charge is 2.31. The third-order valence-corrected chi connectivity index (χ3v) is 2.24. The number of carbonyl (C=O) groups excluding carboxylic acids is 2. The topological polar surface area (TPSA) is 116 Å². The van der Waals surface area contributed by atoms with Gasteiger partial charge in [-0.2, -0.15) is 0 Å². The first-order valence-corrected chi connectivity index (χ1v) is 6.48. The highest BCUT2D eigenvalue weighted by molar-refractivity contribution is 5.95. The van der Waals surface area contributed by atoms with Crippen LogP contribution < -0.4 is 5.73 Å². The number of nitrogens with two attached hydrogens (primary N) is 1. The second-order valence-corrected chi connectivity index (χ2v) is 5.34. The van der Waals surface area contributed by atoms with Crippen molar-refractivity contribution in [1.82, 2.24) is 0 Å². The lowest BCUT2D eigenvalue weighted by molar-refractivity contribution is -0.168. The third-order valence-electron chi connectivity index (χ3n) is 2.24. The standard InChI is InChI=1S/C13H23NO6/c1-13(2,3)20-12(18)9(8-14)11(17)19-7-5-4-6-10(15)16/h9H,4-8,14H2,1-3H3,(H,15,16)/t9-/m0/s1. The molecule has 0 saturated heterocycles. The largest absolute Gasteiger partial charge is 0.481 e. The Balaban J connectivity index is 4.14. The lowest BCUT2D eigenvalue weighted by atomic mass is 10.1. The van der Waals surface area contributed by atoms with Crippen LogP contribution in [-0.2, 0) is 23.9 Å². The number of rotatable bonds is 8. The van der Waals surface area contributed by atoms with Crippen molar-refractivity contribution in [2.75, 3.05) is 13.2 Å². The molecule has 0 aliphatic carbocycles. The molecule has 20 heavy (non-hydrogen) atoms. The van der Waals surface area contributed by atoms with Gasteiger partial charge >= 0.3 is 17.9 Å². The minimum Gasteiger partial charge on any atom is -0.481 e. The lowest BCUT2D eigenvalue weighted by Crippen LogP contribution is -2.38. The van der Waals surface area contributed by atoms with Crippen LogP contribution in [0.15, 0.2) is 0 Å². The SMILES string of the molecule is CC(C)(C)OC(=O)[C@@H](CN)C(=O)OCCCCC(=O)O. The maximum absolute atomic E-state index is 11.7. The Morgan fingerprint density at radius 3 is 2.20 bits per heavy atom. The van der Waals surface area contributed by atoms with Crippen molar-refractivity contribution in [3.63, 3.8) is 0 Å². The van der Waals surface area contributed by atoms with Crippen LogP contribution in [-0.4, -0.2) is 41.8 Å². The number of carboxylic acids is 1. The van der Waals surface area contributed by atoms with Crippen molar-refractivity contribution in [1.29, 1.82) is 0 Å². The normalized spacial score (nSPS) is 12.6. The molecule has 7 nitrogen and oxygen atoms in total. The summed E-state index contributed by atoms with van der Waals surface area (Å²) in [6, 6.07) is 0. The van der Waals surface area contributed by atoms with E-state index in [0.717, 1.165) is 0 Å². The van der Waals surface area contributed by atoms with Gasteiger partial charge < -0.3 is 20.3 Å². The summed E-state index contributed by atoms with van der Waals surface area (Å²) in [5.74, 6) is -3.49. The van der Waals surface area contributed by atoms with E-state index in [0.29, 0.717) is 12.8 Å². The molecule has 3 N–H and O–H groups in total. The Bertz CT molecular complexity index is 347. The molecule has 0 aromatic heterocycles. The van der Waals surface area contributed by atoms with Gasteiger partial charge in [-0.25, -0.2) is 0 Å². The van der Waals surface area contributed by atoms with E-state index in [4.69, 9.17) is 20.3 Å². The first-order chi connectivity index (χ1) is 9.17. The Morgan fingerprint density at radius 1 is 1.15 bits per heavy atom. The Morgan fingerprint density at radius 2 is 1.75 bits per heavy atom. The van der Waals surface area contributed by atoms with Gasteiger partial charge in [0.2, 0.25) is 0 Å². The maximum Gasteiger partial charge on any atom is 0.322 e. The van der Waals surface area contributed by atoms with Crippen molar-refractivity contribution in [2.24, 2.45) is 11.7 Å². The van der Waals surface area contributed by atoms with Crippen LogP contribution >= 0.6 is 0 Å². The van der Waals surface area contributed by atoms with Gasteiger partial charge in [0.1, 0.15) is 5.60 Å². The molecule has 0 unspecified atom stereocenters. The van der Waals surface area contributed by atoms with Crippen LogP contribution in [0.25, 0.3) is 0 Å². The molecular formula is C13H23NO6. The van der Waals surface area contributed by atoms with Gasteiger partial charge in [0, 0.05) is 13.0 Å². The smallest absolute Gasteiger partial charge is 0.322 e.